The number of carbonyl (C=O) groups is 1. The van der Waals surface area contributed by atoms with E-state index in [4.69, 9.17) is 0 Å². The van der Waals surface area contributed by atoms with Gasteiger partial charge in [-0.2, -0.15) is 0 Å². The van der Waals surface area contributed by atoms with Crippen molar-refractivity contribution in [2.45, 2.75) is 31.3 Å². The summed E-state index contributed by atoms with van der Waals surface area (Å²) < 4.78 is 0. The molecule has 2 atom stereocenters. The molecule has 2 fully saturated rings. The van der Waals surface area contributed by atoms with Crippen LogP contribution < -0.4 is 10.2 Å². The quantitative estimate of drug-likeness (QED) is 0.818. The molecular formula is C19H24N6O2. The molecule has 4 heterocycles. The van der Waals surface area contributed by atoms with E-state index in [1.807, 2.05) is 17.0 Å². The van der Waals surface area contributed by atoms with Crippen LogP contribution in [0.5, 0.6) is 0 Å². The third-order valence-electron chi connectivity index (χ3n) is 5.25. The minimum Gasteiger partial charge on any atom is -0.394 e. The Balaban J connectivity index is 1.39. The lowest BCUT2D eigenvalue weighted by Crippen LogP contribution is -2.33. The predicted octanol–water partition coefficient (Wildman–Crippen LogP) is 1.16. The molecule has 142 valence electrons. The fourth-order valence-corrected chi connectivity index (χ4v) is 3.83. The molecule has 2 unspecified atom stereocenters. The summed E-state index contributed by atoms with van der Waals surface area (Å²) in [7, 11) is 0. The van der Waals surface area contributed by atoms with Crippen molar-refractivity contribution >= 4 is 17.5 Å². The summed E-state index contributed by atoms with van der Waals surface area (Å²) in [4.78, 5) is 29.3. The maximum Gasteiger partial charge on any atom is 0.272 e. The molecule has 8 heteroatoms. The highest BCUT2D eigenvalue weighted by atomic mass is 16.3. The number of likely N-dealkylation sites (tertiary alicyclic amines) is 1. The molecule has 0 aromatic carbocycles. The van der Waals surface area contributed by atoms with Crippen LogP contribution in [0.3, 0.4) is 0 Å². The topological polar surface area (TPSA) is 94.5 Å². The van der Waals surface area contributed by atoms with Crippen LogP contribution in [0.2, 0.25) is 0 Å². The lowest BCUT2D eigenvalue weighted by Gasteiger charge is -2.24. The molecule has 0 aliphatic carbocycles. The molecule has 2 aliphatic heterocycles. The van der Waals surface area contributed by atoms with E-state index in [0.29, 0.717) is 18.8 Å². The summed E-state index contributed by atoms with van der Waals surface area (Å²) in [5.41, 5.74) is 0.478. The summed E-state index contributed by atoms with van der Waals surface area (Å²) in [5.74, 6) is 1.55. The van der Waals surface area contributed by atoms with E-state index in [-0.39, 0.29) is 24.6 Å². The average Bonchev–Trinajstić information content (AvgIpc) is 3.37. The van der Waals surface area contributed by atoms with Gasteiger partial charge in [0.05, 0.1) is 12.6 Å². The highest BCUT2D eigenvalue weighted by molar-refractivity contribution is 5.92. The first-order chi connectivity index (χ1) is 13.2. The van der Waals surface area contributed by atoms with Gasteiger partial charge < -0.3 is 20.2 Å². The average molecular weight is 368 g/mol. The van der Waals surface area contributed by atoms with Crippen molar-refractivity contribution in [2.24, 2.45) is 0 Å². The zero-order chi connectivity index (χ0) is 18.6. The summed E-state index contributed by atoms with van der Waals surface area (Å²) in [6.45, 7) is 2.36. The van der Waals surface area contributed by atoms with Crippen molar-refractivity contribution in [1.29, 1.82) is 0 Å². The molecule has 4 rings (SSSR count). The molecule has 0 bridgehead atoms. The zero-order valence-corrected chi connectivity index (χ0v) is 15.2. The Morgan fingerprint density at radius 3 is 2.96 bits per heavy atom. The molecule has 2 N–H and O–H groups in total. The van der Waals surface area contributed by atoms with Gasteiger partial charge in [-0.1, -0.05) is 6.07 Å². The second-order valence-corrected chi connectivity index (χ2v) is 7.03. The van der Waals surface area contributed by atoms with Gasteiger partial charge in [0.1, 0.15) is 23.7 Å². The number of nitrogens with zero attached hydrogens (tertiary/aromatic N) is 5. The molecular weight excluding hydrogens is 344 g/mol. The maximum atomic E-state index is 12.5. The third-order valence-corrected chi connectivity index (χ3v) is 5.25. The van der Waals surface area contributed by atoms with E-state index < -0.39 is 0 Å². The van der Waals surface area contributed by atoms with Gasteiger partial charge in [0.15, 0.2) is 0 Å². The summed E-state index contributed by atoms with van der Waals surface area (Å²) in [6.07, 6.45) is 6.10. The number of pyridine rings is 1. The second-order valence-electron chi connectivity index (χ2n) is 7.03. The van der Waals surface area contributed by atoms with Crippen LogP contribution in [0.15, 0.2) is 36.8 Å². The number of carbonyl (C=O) groups excluding carboxylic acids is 1. The van der Waals surface area contributed by atoms with Crippen LogP contribution in [0.4, 0.5) is 11.6 Å². The zero-order valence-electron chi connectivity index (χ0n) is 15.2. The van der Waals surface area contributed by atoms with E-state index in [1.165, 1.54) is 0 Å². The van der Waals surface area contributed by atoms with Gasteiger partial charge in [-0.3, -0.25) is 9.78 Å². The molecule has 2 aromatic heterocycles. The van der Waals surface area contributed by atoms with Crippen molar-refractivity contribution in [3.63, 3.8) is 0 Å². The Hall–Kier alpha value is -2.74. The Bertz CT molecular complexity index is 787. The first-order valence-corrected chi connectivity index (χ1v) is 9.41. The number of aliphatic hydroxyl groups excluding tert-OH is 1. The minimum absolute atomic E-state index is 0.0360. The van der Waals surface area contributed by atoms with Gasteiger partial charge in [-0.15, -0.1) is 0 Å². The number of aliphatic hydroxyl groups is 1. The smallest absolute Gasteiger partial charge is 0.272 e. The van der Waals surface area contributed by atoms with E-state index >= 15 is 0 Å². The van der Waals surface area contributed by atoms with E-state index in [0.717, 1.165) is 37.4 Å². The van der Waals surface area contributed by atoms with Crippen molar-refractivity contribution in [3.8, 4) is 0 Å². The molecule has 2 aromatic rings. The minimum atomic E-state index is -0.0360. The Morgan fingerprint density at radius 1 is 1.22 bits per heavy atom. The lowest BCUT2D eigenvalue weighted by molar-refractivity contribution is 0.0786. The molecule has 0 spiro atoms. The van der Waals surface area contributed by atoms with Gasteiger partial charge >= 0.3 is 0 Å². The first-order valence-electron chi connectivity index (χ1n) is 9.41. The Morgan fingerprint density at radius 2 is 2.15 bits per heavy atom. The number of hydrogen-bond donors (Lipinski definition) is 2. The van der Waals surface area contributed by atoms with Crippen LogP contribution in [-0.4, -0.2) is 69.2 Å². The number of rotatable bonds is 5. The fraction of sp³-hybridized carbons (Fsp3) is 0.474. The second kappa shape index (κ2) is 7.87. The van der Waals surface area contributed by atoms with Gasteiger partial charge in [-0.25, -0.2) is 9.97 Å². The SMILES string of the molecule is O=C(c1ccccn1)N1CCC(Nc2cc(N3CCCC3CO)ncn2)C1. The number of hydrogen-bond acceptors (Lipinski definition) is 7. The van der Waals surface area contributed by atoms with Crippen molar-refractivity contribution in [3.05, 3.63) is 42.5 Å². The lowest BCUT2D eigenvalue weighted by atomic mass is 10.2. The molecule has 2 saturated heterocycles. The van der Waals surface area contributed by atoms with Crippen LogP contribution >= 0.6 is 0 Å². The fourth-order valence-electron chi connectivity index (χ4n) is 3.83. The van der Waals surface area contributed by atoms with Crippen molar-refractivity contribution in [1.82, 2.24) is 19.9 Å². The predicted molar refractivity (Wildman–Crippen MR) is 102 cm³/mol. The highest BCUT2D eigenvalue weighted by Gasteiger charge is 2.28. The number of amides is 1. The molecule has 27 heavy (non-hydrogen) atoms. The first kappa shape index (κ1) is 17.7. The van der Waals surface area contributed by atoms with E-state index in [2.05, 4.69) is 25.2 Å². The van der Waals surface area contributed by atoms with Crippen LogP contribution in [-0.2, 0) is 0 Å². The molecule has 0 saturated carbocycles. The van der Waals surface area contributed by atoms with Crippen LogP contribution in [0, 0.1) is 0 Å². The van der Waals surface area contributed by atoms with Gasteiger partial charge in [0.25, 0.3) is 5.91 Å². The Kier molecular flexibility index (Phi) is 5.15. The van der Waals surface area contributed by atoms with Crippen LogP contribution in [0.1, 0.15) is 29.8 Å². The van der Waals surface area contributed by atoms with E-state index in [9.17, 15) is 9.90 Å². The molecule has 8 nitrogen and oxygen atoms in total. The largest absolute Gasteiger partial charge is 0.394 e. The summed E-state index contributed by atoms with van der Waals surface area (Å²) in [6, 6.07) is 7.58. The third kappa shape index (κ3) is 3.85. The van der Waals surface area contributed by atoms with Gasteiger partial charge in [0.2, 0.25) is 0 Å². The Labute approximate surface area is 158 Å². The van der Waals surface area contributed by atoms with Crippen LogP contribution in [0.25, 0.3) is 0 Å². The maximum absolute atomic E-state index is 12.5. The van der Waals surface area contributed by atoms with Gasteiger partial charge in [-0.05, 0) is 31.4 Å². The highest BCUT2D eigenvalue weighted by Crippen LogP contribution is 2.25. The monoisotopic (exact) mass is 368 g/mol. The van der Waals surface area contributed by atoms with Crippen molar-refractivity contribution in [2.75, 3.05) is 36.5 Å². The molecule has 0 radical (unpaired) electrons. The number of nitrogens with one attached hydrogen (secondary N) is 1. The molecule has 2 aliphatic rings. The van der Waals surface area contributed by atoms with Gasteiger partial charge in [0, 0.05) is 37.9 Å². The standard InChI is InChI=1S/C19H24N6O2/c26-12-15-4-3-8-25(15)18-10-17(21-13-22-18)23-14-6-9-24(11-14)19(27)16-5-1-2-7-20-16/h1-2,5,7,10,13-15,26H,3-4,6,8-9,11-12H2,(H,21,22,23). The van der Waals surface area contributed by atoms with Crippen molar-refractivity contribution < 1.29 is 9.90 Å². The molecule has 1 amide bonds. The summed E-state index contributed by atoms with van der Waals surface area (Å²) >= 11 is 0. The van der Waals surface area contributed by atoms with E-state index in [1.54, 1.807) is 24.7 Å². The number of anilines is 2. The number of aromatic nitrogens is 3. The normalized spacial score (nSPS) is 22.3. The summed E-state index contributed by atoms with van der Waals surface area (Å²) in [5, 5.41) is 12.9.